The van der Waals surface area contributed by atoms with Gasteiger partial charge < -0.3 is 53.2 Å². The van der Waals surface area contributed by atoms with Crippen LogP contribution >= 0.6 is 0 Å². The molecule has 0 aliphatic carbocycles. The van der Waals surface area contributed by atoms with Gasteiger partial charge in [-0.05, 0) is 13.0 Å². The summed E-state index contributed by atoms with van der Waals surface area (Å²) in [5, 5.41) is 44.5. The summed E-state index contributed by atoms with van der Waals surface area (Å²) >= 11 is 0. The van der Waals surface area contributed by atoms with E-state index in [4.69, 9.17) is 31.9 Å². The van der Waals surface area contributed by atoms with Crippen molar-refractivity contribution in [1.29, 1.82) is 0 Å². The topological polar surface area (TPSA) is 326 Å². The van der Waals surface area contributed by atoms with Gasteiger partial charge in [0.2, 0.25) is 5.91 Å². The molecule has 0 bridgehead atoms. The number of nitrogens with zero attached hydrogens (tertiary/aromatic N) is 2. The molecule has 0 aliphatic rings. The Kier molecular flexibility index (Phi) is 12.5. The summed E-state index contributed by atoms with van der Waals surface area (Å²) < 4.78 is 0. The Morgan fingerprint density at radius 2 is 1.15 bits per heavy atom. The molecule has 214 valence electrons. The minimum absolute atomic E-state index is 0.0196. The largest absolute Gasteiger partial charge is 0.481 e. The lowest BCUT2D eigenvalue weighted by Gasteiger charge is -2.13. The first-order chi connectivity index (χ1) is 18.2. The van der Waals surface area contributed by atoms with E-state index in [1.54, 1.807) is 0 Å². The van der Waals surface area contributed by atoms with Gasteiger partial charge in [0.25, 0.3) is 11.8 Å². The van der Waals surface area contributed by atoms with Crippen molar-refractivity contribution in [3.05, 3.63) is 11.4 Å². The molecule has 0 radical (unpaired) electrons. The van der Waals surface area contributed by atoms with Crippen molar-refractivity contribution in [1.82, 2.24) is 31.2 Å². The van der Waals surface area contributed by atoms with Gasteiger partial charge in [0, 0.05) is 19.5 Å². The Hall–Kier alpha value is -5.07. The lowest BCUT2D eigenvalue weighted by atomic mass is 10.2. The molecule has 1 heterocycles. The number of anilines is 2. The maximum absolute atomic E-state index is 12.3. The van der Waals surface area contributed by atoms with Gasteiger partial charge in [0.15, 0.2) is 23.0 Å². The zero-order valence-electron chi connectivity index (χ0n) is 20.3. The van der Waals surface area contributed by atoms with E-state index in [9.17, 15) is 33.6 Å². The average Bonchev–Trinajstić information content (AvgIpc) is 2.82. The van der Waals surface area contributed by atoms with Gasteiger partial charge in [0.1, 0.15) is 12.1 Å². The highest BCUT2D eigenvalue weighted by Crippen LogP contribution is 2.13. The highest BCUT2D eigenvalue weighted by molar-refractivity contribution is 6.01. The first-order valence-corrected chi connectivity index (χ1v) is 11.1. The molecular formula is C20H28N8O11. The fourth-order valence-corrected chi connectivity index (χ4v) is 2.88. The number of carboxylic acids is 4. The van der Waals surface area contributed by atoms with Crippen molar-refractivity contribution < 1.29 is 54.0 Å². The molecule has 0 unspecified atom stereocenters. The van der Waals surface area contributed by atoms with Crippen molar-refractivity contribution in [3.8, 4) is 0 Å². The Morgan fingerprint density at radius 1 is 0.692 bits per heavy atom. The Bertz CT molecular complexity index is 1130. The van der Waals surface area contributed by atoms with Gasteiger partial charge in [-0.3, -0.25) is 28.8 Å². The molecular weight excluding hydrogens is 528 g/mol. The molecule has 0 fully saturated rings. The lowest BCUT2D eigenvalue weighted by molar-refractivity contribution is -0.147. The number of amides is 3. The standard InChI is InChI=1S/C20H28N8O11/c21-15-13(17(34)24-4-1-3-23-8(19(36)37)6-11(30)31)27-16(22)14(28-15)18(35)25-5-2-10(29)26-9(20(38)39)7-12(32)33/h8-9,23H,1-7H2,(H2,21,28)(H2,22,27)(H,24,34)(H,25,35)(H,26,29)(H,30,31)(H,32,33)(H,36,37)(H,38,39)/t8-,9-/m1/s1. The van der Waals surface area contributed by atoms with E-state index >= 15 is 0 Å². The SMILES string of the molecule is Nc1nc(C(=O)NCCC(=O)N[C@H](CC(=O)O)C(=O)O)c(N)nc1C(=O)NCCCN[C@H](CC(=O)O)C(=O)O. The van der Waals surface area contributed by atoms with Gasteiger partial charge in [-0.2, -0.15) is 0 Å². The molecule has 0 saturated heterocycles. The molecule has 0 saturated carbocycles. The van der Waals surface area contributed by atoms with Crippen molar-refractivity contribution in [2.45, 2.75) is 37.8 Å². The number of hydrogen-bond acceptors (Lipinski definition) is 12. The van der Waals surface area contributed by atoms with E-state index in [-0.39, 0.29) is 26.1 Å². The van der Waals surface area contributed by atoms with Gasteiger partial charge in [-0.1, -0.05) is 0 Å². The number of carbonyl (C=O) groups excluding carboxylic acids is 3. The third kappa shape index (κ3) is 11.2. The molecule has 3 amide bonds. The maximum atomic E-state index is 12.3. The quantitative estimate of drug-likeness (QED) is 0.0829. The van der Waals surface area contributed by atoms with Crippen LogP contribution in [0.15, 0.2) is 0 Å². The molecule has 1 aromatic rings. The second-order valence-corrected chi connectivity index (χ2v) is 7.81. The number of carbonyl (C=O) groups is 7. The lowest BCUT2D eigenvalue weighted by Crippen LogP contribution is -2.43. The molecule has 39 heavy (non-hydrogen) atoms. The van der Waals surface area contributed by atoms with E-state index in [0.717, 1.165) is 0 Å². The molecule has 0 aliphatic heterocycles. The van der Waals surface area contributed by atoms with Gasteiger partial charge in [-0.25, -0.2) is 14.8 Å². The molecule has 19 heteroatoms. The molecule has 0 aromatic carbocycles. The highest BCUT2D eigenvalue weighted by Gasteiger charge is 2.24. The normalized spacial score (nSPS) is 12.0. The van der Waals surface area contributed by atoms with Crippen LogP contribution in [0.25, 0.3) is 0 Å². The molecule has 1 rings (SSSR count). The Labute approximate surface area is 219 Å². The van der Waals surface area contributed by atoms with Crippen LogP contribution in [0, 0.1) is 0 Å². The van der Waals surface area contributed by atoms with Gasteiger partial charge >= 0.3 is 23.9 Å². The fraction of sp³-hybridized carbons (Fsp3) is 0.450. The number of rotatable bonds is 17. The summed E-state index contributed by atoms with van der Waals surface area (Å²) in [6.45, 7) is -0.218. The zero-order chi connectivity index (χ0) is 29.7. The van der Waals surface area contributed by atoms with E-state index in [2.05, 4.69) is 25.9 Å². The van der Waals surface area contributed by atoms with Crippen LogP contribution in [0.1, 0.15) is 46.7 Å². The molecule has 19 nitrogen and oxygen atoms in total. The Morgan fingerprint density at radius 3 is 1.62 bits per heavy atom. The molecule has 12 N–H and O–H groups in total. The van der Waals surface area contributed by atoms with Crippen LogP contribution in [0.4, 0.5) is 11.6 Å². The summed E-state index contributed by atoms with van der Waals surface area (Å²) in [6, 6.07) is -2.95. The average molecular weight is 556 g/mol. The summed E-state index contributed by atoms with van der Waals surface area (Å²) in [7, 11) is 0. The number of nitrogens with two attached hydrogens (primary N) is 2. The van der Waals surface area contributed by atoms with E-state index < -0.39 is 96.0 Å². The van der Waals surface area contributed by atoms with Crippen molar-refractivity contribution in [2.75, 3.05) is 31.1 Å². The molecule has 0 spiro atoms. The maximum Gasteiger partial charge on any atom is 0.326 e. The first kappa shape index (κ1) is 32.0. The summed E-state index contributed by atoms with van der Waals surface area (Å²) in [4.78, 5) is 87.3. The third-order valence-corrected chi connectivity index (χ3v) is 4.74. The number of nitrogens with one attached hydrogen (secondary N) is 4. The second kappa shape index (κ2) is 15.2. The fourth-order valence-electron chi connectivity index (χ4n) is 2.88. The van der Waals surface area contributed by atoms with E-state index in [1.165, 1.54) is 0 Å². The van der Waals surface area contributed by atoms with Crippen molar-refractivity contribution in [2.24, 2.45) is 0 Å². The summed E-state index contributed by atoms with van der Waals surface area (Å²) in [6.07, 6.45) is -1.65. The van der Waals surface area contributed by atoms with E-state index in [1.807, 2.05) is 5.32 Å². The summed E-state index contributed by atoms with van der Waals surface area (Å²) in [5.74, 6) is -9.08. The van der Waals surface area contributed by atoms with Crippen LogP contribution in [0.5, 0.6) is 0 Å². The van der Waals surface area contributed by atoms with Crippen LogP contribution in [-0.2, 0) is 24.0 Å². The highest BCUT2D eigenvalue weighted by atomic mass is 16.4. The smallest absolute Gasteiger partial charge is 0.326 e. The van der Waals surface area contributed by atoms with Crippen LogP contribution < -0.4 is 32.7 Å². The van der Waals surface area contributed by atoms with Gasteiger partial charge in [-0.15, -0.1) is 0 Å². The number of aromatic nitrogens is 2. The number of carboxylic acid groups (broad SMARTS) is 4. The van der Waals surface area contributed by atoms with Gasteiger partial charge in [0.05, 0.1) is 12.8 Å². The van der Waals surface area contributed by atoms with Crippen LogP contribution in [0.3, 0.4) is 0 Å². The summed E-state index contributed by atoms with van der Waals surface area (Å²) in [5.41, 5.74) is 10.6. The molecule has 2 atom stereocenters. The predicted molar refractivity (Wildman–Crippen MR) is 128 cm³/mol. The first-order valence-electron chi connectivity index (χ1n) is 11.1. The monoisotopic (exact) mass is 556 g/mol. The predicted octanol–water partition coefficient (Wildman–Crippen LogP) is -3.56. The van der Waals surface area contributed by atoms with Crippen molar-refractivity contribution in [3.63, 3.8) is 0 Å². The van der Waals surface area contributed by atoms with E-state index in [0.29, 0.717) is 0 Å². The van der Waals surface area contributed by atoms with Crippen molar-refractivity contribution >= 4 is 53.2 Å². The Balaban J connectivity index is 2.60. The third-order valence-electron chi connectivity index (χ3n) is 4.74. The minimum atomic E-state index is -1.65. The second-order valence-electron chi connectivity index (χ2n) is 7.81. The van der Waals surface area contributed by atoms with Crippen LogP contribution in [0.2, 0.25) is 0 Å². The number of nitrogen functional groups attached to an aromatic ring is 2. The minimum Gasteiger partial charge on any atom is -0.481 e. The van der Waals surface area contributed by atoms with Crippen LogP contribution in [-0.4, -0.2) is 104 Å². The number of aliphatic carboxylic acids is 4. The zero-order valence-corrected chi connectivity index (χ0v) is 20.3. The molecule has 1 aromatic heterocycles. The number of hydrogen-bond donors (Lipinski definition) is 10.